The van der Waals surface area contributed by atoms with Gasteiger partial charge in [-0.05, 0) is 37.1 Å². The smallest absolute Gasteiger partial charge is 0.243 e. The van der Waals surface area contributed by atoms with Gasteiger partial charge in [0.15, 0.2) is 11.5 Å². The molecule has 2 aromatic rings. The molecule has 1 aliphatic heterocycles. The van der Waals surface area contributed by atoms with Crippen molar-refractivity contribution >= 4 is 33.2 Å². The highest BCUT2D eigenvalue weighted by molar-refractivity contribution is 7.89. The molecule has 0 bridgehead atoms. The molecule has 1 amide bonds. The summed E-state index contributed by atoms with van der Waals surface area (Å²) in [6.07, 6.45) is 0.867. The second-order valence-electron chi connectivity index (χ2n) is 6.66. The van der Waals surface area contributed by atoms with Crippen molar-refractivity contribution < 1.29 is 22.7 Å². The average Bonchev–Trinajstić information content (AvgIpc) is 2.74. The molecule has 9 heteroatoms. The van der Waals surface area contributed by atoms with Gasteiger partial charge in [0.05, 0.1) is 29.8 Å². The molecule has 2 aromatic carbocycles. The number of piperidine rings is 1. The number of hydrogen-bond acceptors (Lipinski definition) is 5. The van der Waals surface area contributed by atoms with Crippen LogP contribution in [0.2, 0.25) is 5.02 Å². The first-order chi connectivity index (χ1) is 13.9. The third-order valence-electron chi connectivity index (χ3n) is 4.95. The maximum atomic E-state index is 13.0. The highest BCUT2D eigenvalue weighted by atomic mass is 35.5. The molecule has 0 spiro atoms. The van der Waals surface area contributed by atoms with Gasteiger partial charge in [-0.25, -0.2) is 8.42 Å². The summed E-state index contributed by atoms with van der Waals surface area (Å²) in [6, 6.07) is 11.5. The zero-order chi connectivity index (χ0) is 21.0. The van der Waals surface area contributed by atoms with E-state index in [0.29, 0.717) is 35.1 Å². The van der Waals surface area contributed by atoms with Gasteiger partial charge in [-0.3, -0.25) is 4.79 Å². The van der Waals surface area contributed by atoms with Gasteiger partial charge in [0.1, 0.15) is 0 Å². The minimum Gasteiger partial charge on any atom is -0.493 e. The van der Waals surface area contributed by atoms with Gasteiger partial charge in [0.2, 0.25) is 15.9 Å². The van der Waals surface area contributed by atoms with E-state index in [-0.39, 0.29) is 29.8 Å². The lowest BCUT2D eigenvalue weighted by atomic mass is 9.97. The number of halogens is 1. The monoisotopic (exact) mass is 438 g/mol. The van der Waals surface area contributed by atoms with E-state index in [1.807, 2.05) is 0 Å². The molecule has 0 saturated carbocycles. The maximum absolute atomic E-state index is 13.0. The van der Waals surface area contributed by atoms with Gasteiger partial charge in [-0.15, -0.1) is 0 Å². The fraction of sp³-hybridized carbons (Fsp3) is 0.350. The summed E-state index contributed by atoms with van der Waals surface area (Å²) >= 11 is 6.08. The third kappa shape index (κ3) is 4.66. The molecule has 0 radical (unpaired) electrons. The fourth-order valence-electron chi connectivity index (χ4n) is 3.28. The predicted molar refractivity (Wildman–Crippen MR) is 111 cm³/mol. The fourth-order valence-corrected chi connectivity index (χ4v) is 4.95. The lowest BCUT2D eigenvalue weighted by Crippen LogP contribution is -2.41. The van der Waals surface area contributed by atoms with E-state index in [0.717, 1.165) is 0 Å². The van der Waals surface area contributed by atoms with Crippen LogP contribution in [0.25, 0.3) is 0 Å². The Balaban J connectivity index is 1.66. The van der Waals surface area contributed by atoms with Crippen molar-refractivity contribution in [3.63, 3.8) is 0 Å². The van der Waals surface area contributed by atoms with Crippen molar-refractivity contribution in [1.82, 2.24) is 4.31 Å². The Labute approximate surface area is 175 Å². The maximum Gasteiger partial charge on any atom is 0.243 e. The SMILES string of the molecule is COc1ccc(S(=O)(=O)N2CCC(C(=O)Nc3ccccc3Cl)CC2)cc1OC. The molecule has 0 unspecified atom stereocenters. The molecule has 0 aromatic heterocycles. The van der Waals surface area contributed by atoms with E-state index in [1.54, 1.807) is 30.3 Å². The summed E-state index contributed by atoms with van der Waals surface area (Å²) in [7, 11) is -0.743. The molecule has 1 saturated heterocycles. The zero-order valence-electron chi connectivity index (χ0n) is 16.2. The molecule has 0 atom stereocenters. The summed E-state index contributed by atoms with van der Waals surface area (Å²) < 4.78 is 37.7. The number of hydrogen-bond donors (Lipinski definition) is 1. The summed E-state index contributed by atoms with van der Waals surface area (Å²) in [5.74, 6) is 0.383. The first-order valence-electron chi connectivity index (χ1n) is 9.14. The van der Waals surface area contributed by atoms with Crippen LogP contribution < -0.4 is 14.8 Å². The van der Waals surface area contributed by atoms with Gasteiger partial charge >= 0.3 is 0 Å². The van der Waals surface area contributed by atoms with E-state index in [4.69, 9.17) is 21.1 Å². The van der Waals surface area contributed by atoms with Crippen LogP contribution in [0, 0.1) is 5.92 Å². The van der Waals surface area contributed by atoms with Crippen molar-refractivity contribution in [2.24, 2.45) is 5.92 Å². The minimum absolute atomic E-state index is 0.133. The summed E-state index contributed by atoms with van der Waals surface area (Å²) in [4.78, 5) is 12.7. The second-order valence-corrected chi connectivity index (χ2v) is 9.01. The van der Waals surface area contributed by atoms with Crippen LogP contribution >= 0.6 is 11.6 Å². The number of methoxy groups -OCH3 is 2. The first kappa shape index (κ1) is 21.4. The highest BCUT2D eigenvalue weighted by Gasteiger charge is 2.32. The molecular formula is C20H23ClN2O5S. The number of carbonyl (C=O) groups excluding carboxylic acids is 1. The third-order valence-corrected chi connectivity index (χ3v) is 7.17. The van der Waals surface area contributed by atoms with Crippen LogP contribution in [0.5, 0.6) is 11.5 Å². The molecule has 7 nitrogen and oxygen atoms in total. The Morgan fingerprint density at radius 1 is 1.07 bits per heavy atom. The van der Waals surface area contributed by atoms with Gasteiger partial charge in [-0.2, -0.15) is 4.31 Å². The zero-order valence-corrected chi connectivity index (χ0v) is 17.8. The second kappa shape index (κ2) is 9.02. The van der Waals surface area contributed by atoms with Crippen LogP contribution in [0.15, 0.2) is 47.4 Å². The van der Waals surface area contributed by atoms with E-state index in [1.165, 1.54) is 30.7 Å². The molecule has 156 valence electrons. The lowest BCUT2D eigenvalue weighted by molar-refractivity contribution is -0.120. The molecular weight excluding hydrogens is 416 g/mol. The molecule has 1 heterocycles. The number of nitrogens with one attached hydrogen (secondary N) is 1. The summed E-state index contributed by atoms with van der Waals surface area (Å²) in [5, 5.41) is 3.29. The van der Waals surface area contributed by atoms with Crippen molar-refractivity contribution in [3.05, 3.63) is 47.5 Å². The van der Waals surface area contributed by atoms with Gasteiger partial charge < -0.3 is 14.8 Å². The molecule has 0 aliphatic carbocycles. The van der Waals surface area contributed by atoms with Gasteiger partial charge in [-0.1, -0.05) is 23.7 Å². The average molecular weight is 439 g/mol. The van der Waals surface area contributed by atoms with Gasteiger partial charge in [0, 0.05) is 25.1 Å². The standard InChI is InChI=1S/C20H23ClN2O5S/c1-27-18-8-7-15(13-19(18)28-2)29(25,26)23-11-9-14(10-12-23)20(24)22-17-6-4-3-5-16(17)21/h3-8,13-14H,9-12H2,1-2H3,(H,22,24). The molecule has 1 N–H and O–H groups in total. The van der Waals surface area contributed by atoms with E-state index in [2.05, 4.69) is 5.32 Å². The Kier molecular flexibility index (Phi) is 6.66. The van der Waals surface area contributed by atoms with E-state index < -0.39 is 10.0 Å². The number of rotatable bonds is 6. The van der Waals surface area contributed by atoms with Crippen LogP contribution in [0.1, 0.15) is 12.8 Å². The number of nitrogens with zero attached hydrogens (tertiary/aromatic N) is 1. The van der Waals surface area contributed by atoms with Crippen molar-refractivity contribution in [2.45, 2.75) is 17.7 Å². The van der Waals surface area contributed by atoms with Crippen LogP contribution in [-0.2, 0) is 14.8 Å². The predicted octanol–water partition coefficient (Wildman–Crippen LogP) is 3.40. The number of benzene rings is 2. The lowest BCUT2D eigenvalue weighted by Gasteiger charge is -2.30. The molecule has 1 aliphatic rings. The minimum atomic E-state index is -3.69. The van der Waals surface area contributed by atoms with E-state index in [9.17, 15) is 13.2 Å². The Bertz CT molecular complexity index is 988. The van der Waals surface area contributed by atoms with Crippen LogP contribution in [0.3, 0.4) is 0 Å². The number of sulfonamides is 1. The molecule has 29 heavy (non-hydrogen) atoms. The number of para-hydroxylation sites is 1. The Morgan fingerprint density at radius 2 is 1.72 bits per heavy atom. The Morgan fingerprint density at radius 3 is 2.34 bits per heavy atom. The quantitative estimate of drug-likeness (QED) is 0.747. The number of ether oxygens (including phenoxy) is 2. The van der Waals surface area contributed by atoms with Crippen LogP contribution in [0.4, 0.5) is 5.69 Å². The normalized spacial score (nSPS) is 15.7. The van der Waals surface area contributed by atoms with Crippen molar-refractivity contribution in [1.29, 1.82) is 0 Å². The molecule has 1 fully saturated rings. The topological polar surface area (TPSA) is 84.9 Å². The molecule has 3 rings (SSSR count). The first-order valence-corrected chi connectivity index (χ1v) is 11.0. The number of anilines is 1. The van der Waals surface area contributed by atoms with E-state index >= 15 is 0 Å². The van der Waals surface area contributed by atoms with Crippen molar-refractivity contribution in [3.8, 4) is 11.5 Å². The Hall–Kier alpha value is -2.29. The summed E-state index contributed by atoms with van der Waals surface area (Å²) in [5.41, 5.74) is 0.555. The number of carbonyl (C=O) groups is 1. The number of amides is 1. The van der Waals surface area contributed by atoms with Crippen molar-refractivity contribution in [2.75, 3.05) is 32.6 Å². The highest BCUT2D eigenvalue weighted by Crippen LogP contribution is 2.32. The van der Waals surface area contributed by atoms with Gasteiger partial charge in [0.25, 0.3) is 0 Å². The largest absolute Gasteiger partial charge is 0.493 e. The summed E-state index contributed by atoms with van der Waals surface area (Å²) in [6.45, 7) is 0.522. The van der Waals surface area contributed by atoms with Crippen LogP contribution in [-0.4, -0.2) is 45.9 Å².